The summed E-state index contributed by atoms with van der Waals surface area (Å²) in [7, 11) is -3.30. The van der Waals surface area contributed by atoms with Crippen molar-refractivity contribution in [3.63, 3.8) is 0 Å². The largest absolute Gasteiger partial charge is 0.159 e. The molecule has 0 fully saturated rings. The predicted octanol–water partition coefficient (Wildman–Crippen LogP) is 15.2. The molecule has 0 spiro atoms. The maximum atomic E-state index is 2.58. The molecule has 1 heteroatoms. The highest BCUT2D eigenvalue weighted by molar-refractivity contribution is 7.13. The quantitative estimate of drug-likeness (QED) is 0.0951. The Morgan fingerprint density at radius 1 is 0.234 bits per heavy atom. The first-order valence-electron chi connectivity index (χ1n) is 22.5. The van der Waals surface area contributed by atoms with Gasteiger partial charge in [-0.3, -0.25) is 0 Å². The van der Waals surface area contributed by atoms with Crippen molar-refractivity contribution in [2.75, 3.05) is 0 Å². The van der Waals surface area contributed by atoms with Crippen LogP contribution in [0.25, 0.3) is 66.8 Å². The van der Waals surface area contributed by atoms with Crippen LogP contribution in [0.1, 0.15) is 27.7 Å². The summed E-state index contributed by atoms with van der Waals surface area (Å²) in [5.74, 6) is 0. The molecule has 1 aliphatic rings. The second kappa shape index (κ2) is 17.4. The van der Waals surface area contributed by atoms with E-state index in [1.807, 2.05) is 0 Å². The molecule has 0 amide bonds. The molecule has 308 valence electrons. The lowest BCUT2D eigenvalue weighted by atomic mass is 9.98. The van der Waals surface area contributed by atoms with Gasteiger partial charge < -0.3 is 0 Å². The molecular weight excluding hydrogens is 785 g/mol. The van der Waals surface area contributed by atoms with Crippen LogP contribution in [0.5, 0.6) is 0 Å². The van der Waals surface area contributed by atoms with Crippen LogP contribution in [0, 0.1) is 0 Å². The standard InChI is InChI=1S/C63H52Si/c1-44-45(2)47(4)63(46(44)3)64(60-38-54(48-23-11-5-12-24-48)35-55(39-60)49-25-13-6-14-26-49,61-40-56(50-27-15-7-16-28-50)36-57(41-61)51-29-17-8-18-30-51)62-42-58(52-31-19-9-20-32-52)37-59(43-62)53-33-21-10-22-34-53/h5-43,63H,1-4H3. The van der Waals surface area contributed by atoms with E-state index in [4.69, 9.17) is 0 Å². The van der Waals surface area contributed by atoms with Crippen molar-refractivity contribution >= 4 is 23.6 Å². The summed E-state index contributed by atoms with van der Waals surface area (Å²) in [6, 6.07) is 88.7. The van der Waals surface area contributed by atoms with Crippen LogP contribution < -0.4 is 15.6 Å². The van der Waals surface area contributed by atoms with Crippen LogP contribution in [0.4, 0.5) is 0 Å². The first-order valence-corrected chi connectivity index (χ1v) is 24.6. The summed E-state index contributed by atoms with van der Waals surface area (Å²) in [6.07, 6.45) is 0. The molecule has 0 radical (unpaired) electrons. The topological polar surface area (TPSA) is 0 Å². The fourth-order valence-corrected chi connectivity index (χ4v) is 16.4. The summed E-state index contributed by atoms with van der Waals surface area (Å²) in [5, 5.41) is 4.19. The highest BCUT2D eigenvalue weighted by Crippen LogP contribution is 2.48. The lowest BCUT2D eigenvalue weighted by Crippen LogP contribution is -2.70. The molecule has 0 saturated heterocycles. The molecule has 0 aromatic heterocycles. The molecule has 64 heavy (non-hydrogen) atoms. The van der Waals surface area contributed by atoms with Gasteiger partial charge >= 0.3 is 0 Å². The van der Waals surface area contributed by atoms with E-state index >= 15 is 0 Å². The fraction of sp³-hybridized carbons (Fsp3) is 0.0794. The fourth-order valence-electron chi connectivity index (χ4n) is 10.3. The van der Waals surface area contributed by atoms with Gasteiger partial charge in [0.1, 0.15) is 0 Å². The summed E-state index contributed by atoms with van der Waals surface area (Å²) < 4.78 is 0. The van der Waals surface area contributed by atoms with E-state index in [9.17, 15) is 0 Å². The van der Waals surface area contributed by atoms with Crippen LogP contribution in [0.2, 0.25) is 5.54 Å². The maximum absolute atomic E-state index is 3.30. The average molecular weight is 837 g/mol. The zero-order valence-corrected chi connectivity index (χ0v) is 38.1. The first-order chi connectivity index (χ1) is 31.4. The Balaban J connectivity index is 1.43. The van der Waals surface area contributed by atoms with E-state index in [0.717, 1.165) is 0 Å². The molecule has 0 heterocycles. The normalized spacial score (nSPS) is 13.1. The van der Waals surface area contributed by atoms with Crippen molar-refractivity contribution in [1.82, 2.24) is 0 Å². The van der Waals surface area contributed by atoms with E-state index in [2.05, 4.69) is 264 Å². The number of benzene rings is 9. The van der Waals surface area contributed by atoms with E-state index in [-0.39, 0.29) is 5.54 Å². The second-order valence-corrected chi connectivity index (χ2v) is 21.4. The minimum absolute atomic E-state index is 0.131. The Kier molecular flexibility index (Phi) is 11.1. The van der Waals surface area contributed by atoms with Crippen molar-refractivity contribution in [3.8, 4) is 66.8 Å². The van der Waals surface area contributed by atoms with Crippen molar-refractivity contribution < 1.29 is 0 Å². The first kappa shape index (κ1) is 40.7. The van der Waals surface area contributed by atoms with Gasteiger partial charge in [-0.15, -0.1) is 0 Å². The molecule has 0 saturated carbocycles. The smallest absolute Gasteiger partial charge is 0.0647 e. The predicted molar refractivity (Wildman–Crippen MR) is 277 cm³/mol. The van der Waals surface area contributed by atoms with Gasteiger partial charge in [0.25, 0.3) is 0 Å². The van der Waals surface area contributed by atoms with Crippen LogP contribution in [0.15, 0.2) is 259 Å². The van der Waals surface area contributed by atoms with Crippen molar-refractivity contribution in [2.45, 2.75) is 33.2 Å². The minimum Gasteiger partial charge on any atom is -0.0647 e. The highest BCUT2D eigenvalue weighted by Gasteiger charge is 2.51. The van der Waals surface area contributed by atoms with Crippen LogP contribution in [-0.2, 0) is 0 Å². The zero-order chi connectivity index (χ0) is 43.6. The average Bonchev–Trinajstić information content (AvgIpc) is 3.56. The number of hydrogen-bond acceptors (Lipinski definition) is 0. The molecule has 1 aliphatic carbocycles. The van der Waals surface area contributed by atoms with E-state index in [0.29, 0.717) is 0 Å². The minimum atomic E-state index is -3.30. The molecule has 0 aliphatic heterocycles. The third-order valence-corrected chi connectivity index (χ3v) is 19.2. The van der Waals surface area contributed by atoms with Crippen LogP contribution in [0.3, 0.4) is 0 Å². The molecule has 0 N–H and O–H groups in total. The van der Waals surface area contributed by atoms with Gasteiger partial charge in [0.15, 0.2) is 8.07 Å². The molecule has 0 bridgehead atoms. The summed E-state index contributed by atoms with van der Waals surface area (Å²) in [5.41, 5.74) is 20.6. The summed E-state index contributed by atoms with van der Waals surface area (Å²) in [6.45, 7) is 9.57. The molecule has 0 atom stereocenters. The summed E-state index contributed by atoms with van der Waals surface area (Å²) in [4.78, 5) is 0. The lowest BCUT2D eigenvalue weighted by Gasteiger charge is -2.42. The Morgan fingerprint density at radius 3 is 0.609 bits per heavy atom. The SMILES string of the molecule is CC1=C(C)C([Si](c2cc(-c3ccccc3)cc(-c3ccccc3)c2)(c2cc(-c3ccccc3)cc(-c3ccccc3)c2)c2cc(-c3ccccc3)cc(-c3ccccc3)c2)C(C)=C1C. The zero-order valence-electron chi connectivity index (χ0n) is 37.1. The van der Waals surface area contributed by atoms with Gasteiger partial charge in [0.05, 0.1) is 0 Å². The summed E-state index contributed by atoms with van der Waals surface area (Å²) >= 11 is 0. The van der Waals surface area contributed by atoms with Gasteiger partial charge in [-0.05, 0) is 139 Å². The van der Waals surface area contributed by atoms with Gasteiger partial charge in [0.2, 0.25) is 0 Å². The molecule has 0 nitrogen and oxygen atoms in total. The molecule has 0 unspecified atom stereocenters. The van der Waals surface area contributed by atoms with E-state index < -0.39 is 8.07 Å². The molecule has 9 aromatic carbocycles. The third-order valence-electron chi connectivity index (χ3n) is 13.9. The molecular formula is C63H52Si. The maximum Gasteiger partial charge on any atom is 0.159 e. The monoisotopic (exact) mass is 836 g/mol. The number of hydrogen-bond donors (Lipinski definition) is 0. The lowest BCUT2D eigenvalue weighted by molar-refractivity contribution is 1.09. The molecule has 10 rings (SSSR count). The number of rotatable bonds is 10. The Morgan fingerprint density at radius 2 is 0.422 bits per heavy atom. The van der Waals surface area contributed by atoms with Crippen LogP contribution in [-0.4, -0.2) is 8.07 Å². The Hall–Kier alpha value is -7.32. The van der Waals surface area contributed by atoms with Gasteiger partial charge in [-0.2, -0.15) is 0 Å². The Labute approximate surface area is 380 Å². The van der Waals surface area contributed by atoms with Crippen molar-refractivity contribution in [1.29, 1.82) is 0 Å². The third kappa shape index (κ3) is 7.53. The van der Waals surface area contributed by atoms with Gasteiger partial charge in [0, 0.05) is 5.54 Å². The Bertz CT molecular complexity index is 2650. The second-order valence-electron chi connectivity index (χ2n) is 17.5. The highest BCUT2D eigenvalue weighted by atomic mass is 28.3. The van der Waals surface area contributed by atoms with Gasteiger partial charge in [-0.25, -0.2) is 0 Å². The van der Waals surface area contributed by atoms with Gasteiger partial charge in [-0.1, -0.05) is 230 Å². The van der Waals surface area contributed by atoms with E-state index in [1.54, 1.807) is 0 Å². The van der Waals surface area contributed by atoms with Crippen molar-refractivity contribution in [3.05, 3.63) is 259 Å². The number of allylic oxidation sites excluding steroid dienone is 4. The molecule has 9 aromatic rings. The van der Waals surface area contributed by atoms with E-state index in [1.165, 1.54) is 105 Å². The van der Waals surface area contributed by atoms with Crippen molar-refractivity contribution in [2.24, 2.45) is 0 Å². The van der Waals surface area contributed by atoms with Crippen LogP contribution >= 0.6 is 0 Å².